The maximum absolute atomic E-state index is 12.8. The smallest absolute Gasteiger partial charge is 0.462 e. The number of nitrogens with zero attached hydrogens (tertiary/aromatic N) is 1. The third-order valence-corrected chi connectivity index (χ3v) is 13.6. The van der Waals surface area contributed by atoms with E-state index in [1.807, 2.05) is 21.1 Å². The van der Waals surface area contributed by atoms with Gasteiger partial charge in [-0.2, -0.15) is 0 Å². The van der Waals surface area contributed by atoms with Gasteiger partial charge in [-0.15, -0.1) is 0 Å². The molecule has 0 aliphatic heterocycles. The van der Waals surface area contributed by atoms with Crippen molar-refractivity contribution in [3.05, 3.63) is 134 Å². The molecule has 444 valence electrons. The van der Waals surface area contributed by atoms with Crippen molar-refractivity contribution in [2.45, 2.75) is 238 Å². The van der Waals surface area contributed by atoms with Gasteiger partial charge in [-0.25, -0.2) is 4.57 Å². The summed E-state index contributed by atoms with van der Waals surface area (Å²) in [5.41, 5.74) is 0. The highest BCUT2D eigenvalue weighted by molar-refractivity contribution is 7.47. The van der Waals surface area contributed by atoms with Gasteiger partial charge in [0.05, 0.1) is 27.7 Å². The van der Waals surface area contributed by atoms with Crippen molar-refractivity contribution < 1.29 is 42.1 Å². The molecule has 0 aromatic carbocycles. The number of quaternary nitrogens is 1. The van der Waals surface area contributed by atoms with Crippen molar-refractivity contribution in [2.24, 2.45) is 0 Å². The van der Waals surface area contributed by atoms with Crippen LogP contribution >= 0.6 is 7.82 Å². The Morgan fingerprint density at radius 1 is 0.410 bits per heavy atom. The molecule has 9 nitrogen and oxygen atoms in total. The SMILES string of the molecule is CC/C=C\C/C=C\C/C=C\C/C=C\C/C=C\C/C=C\C/C=C\C/C=C\C/C=C\CCCCCC(=O)OC(COC(=O)CCCCCCCCCCCCC/C=C\C/C=C\CCCCCCC)COP(=O)(O)OCC[N+](C)(C)C. The van der Waals surface area contributed by atoms with Crippen molar-refractivity contribution in [3.8, 4) is 0 Å². The van der Waals surface area contributed by atoms with Crippen LogP contribution in [0.5, 0.6) is 0 Å². The summed E-state index contributed by atoms with van der Waals surface area (Å²) < 4.78 is 34.6. The van der Waals surface area contributed by atoms with Crippen molar-refractivity contribution in [1.82, 2.24) is 0 Å². The molecular weight excluding hydrogens is 990 g/mol. The first kappa shape index (κ1) is 74.2. The topological polar surface area (TPSA) is 108 Å². The number of unbranched alkanes of at least 4 members (excludes halogenated alkanes) is 19. The number of hydrogen-bond donors (Lipinski definition) is 1. The van der Waals surface area contributed by atoms with Crippen molar-refractivity contribution >= 4 is 19.8 Å². The van der Waals surface area contributed by atoms with E-state index in [-0.39, 0.29) is 32.0 Å². The quantitative estimate of drug-likeness (QED) is 0.0211. The fourth-order valence-corrected chi connectivity index (χ4v) is 8.66. The number of allylic oxidation sites excluding steroid dienone is 22. The van der Waals surface area contributed by atoms with Crippen LogP contribution in [0.4, 0.5) is 0 Å². The molecule has 0 saturated heterocycles. The molecule has 1 N–H and O–H groups in total. The summed E-state index contributed by atoms with van der Waals surface area (Å²) in [5, 5.41) is 0. The summed E-state index contributed by atoms with van der Waals surface area (Å²) in [6.07, 6.45) is 83.8. The van der Waals surface area contributed by atoms with Gasteiger partial charge in [-0.3, -0.25) is 18.6 Å². The Labute approximate surface area is 479 Å². The zero-order valence-corrected chi connectivity index (χ0v) is 51.2. The summed E-state index contributed by atoms with van der Waals surface area (Å²) in [5.74, 6) is -0.845. The summed E-state index contributed by atoms with van der Waals surface area (Å²) >= 11 is 0. The highest BCUT2D eigenvalue weighted by atomic mass is 31.2. The van der Waals surface area contributed by atoms with Crippen molar-refractivity contribution in [1.29, 1.82) is 0 Å². The van der Waals surface area contributed by atoms with E-state index >= 15 is 0 Å². The molecule has 0 spiro atoms. The van der Waals surface area contributed by atoms with Crippen LogP contribution in [-0.2, 0) is 32.7 Å². The minimum atomic E-state index is -4.41. The Bertz CT molecular complexity index is 1780. The molecule has 0 bridgehead atoms. The predicted octanol–water partition coefficient (Wildman–Crippen LogP) is 19.7. The third-order valence-electron chi connectivity index (χ3n) is 12.7. The largest absolute Gasteiger partial charge is 0.472 e. The molecule has 2 atom stereocenters. The maximum atomic E-state index is 12.8. The van der Waals surface area contributed by atoms with Gasteiger partial charge >= 0.3 is 19.8 Å². The van der Waals surface area contributed by atoms with E-state index in [1.165, 1.54) is 96.3 Å². The number of ether oxygens (including phenoxy) is 2. The van der Waals surface area contributed by atoms with E-state index in [0.717, 1.165) is 103 Å². The van der Waals surface area contributed by atoms with Gasteiger partial charge in [-0.05, 0) is 116 Å². The van der Waals surface area contributed by atoms with Gasteiger partial charge in [0.15, 0.2) is 6.10 Å². The van der Waals surface area contributed by atoms with Crippen LogP contribution in [0.15, 0.2) is 134 Å². The Hall–Kier alpha value is -3.85. The van der Waals surface area contributed by atoms with Crippen molar-refractivity contribution in [3.63, 3.8) is 0 Å². The number of phosphoric ester groups is 1. The Morgan fingerprint density at radius 2 is 0.731 bits per heavy atom. The van der Waals surface area contributed by atoms with Crippen LogP contribution in [-0.4, -0.2) is 74.9 Å². The number of hydrogen-bond acceptors (Lipinski definition) is 7. The highest BCUT2D eigenvalue weighted by Crippen LogP contribution is 2.43. The van der Waals surface area contributed by atoms with Gasteiger partial charge in [0.1, 0.15) is 19.8 Å². The standard InChI is InChI=1S/C68H114NO8P/c1-6-8-10-12-14-16-18-20-22-24-26-28-30-31-32-33-34-35-36-37-39-41-43-45-47-49-51-53-55-57-59-61-68(71)77-66(65-76-78(72,73)75-63-62-69(3,4)5)64-74-67(70)60-58-56-54-52-50-48-46-44-42-40-38-29-27-25-23-21-19-17-15-13-11-9-7-2/h8,10,14,16,19-22,25-28,31-32,34-35,37,39,43,45,49,51,66H,6-7,9,11-13,15,17-18,23-24,29-30,33,36,38,40-42,44,46-48,50,52-65H2,1-5H3/p+1/b10-8-,16-14-,21-19-,22-20-,27-25-,28-26-,32-31-,35-34-,39-37-,45-43-,51-49-. The molecule has 0 rings (SSSR count). The second-order valence-electron chi connectivity index (χ2n) is 21.4. The summed E-state index contributed by atoms with van der Waals surface area (Å²) in [6, 6.07) is 0. The lowest BCUT2D eigenvalue weighted by atomic mass is 10.0. The molecule has 0 aliphatic rings. The first-order valence-electron chi connectivity index (χ1n) is 30.9. The Kier molecular flexibility index (Phi) is 55.0. The molecule has 0 radical (unpaired) electrons. The maximum Gasteiger partial charge on any atom is 0.472 e. The molecule has 0 aromatic heterocycles. The van der Waals surface area contributed by atoms with Gasteiger partial charge in [0, 0.05) is 12.8 Å². The van der Waals surface area contributed by atoms with Crippen LogP contribution in [0.1, 0.15) is 232 Å². The van der Waals surface area contributed by atoms with Crippen LogP contribution in [0.25, 0.3) is 0 Å². The Morgan fingerprint density at radius 3 is 1.10 bits per heavy atom. The lowest BCUT2D eigenvalue weighted by Gasteiger charge is -2.24. The molecule has 0 aliphatic carbocycles. The van der Waals surface area contributed by atoms with E-state index < -0.39 is 26.5 Å². The zero-order valence-electron chi connectivity index (χ0n) is 50.3. The van der Waals surface area contributed by atoms with E-state index in [1.54, 1.807) is 0 Å². The van der Waals surface area contributed by atoms with Gasteiger partial charge < -0.3 is 18.9 Å². The number of phosphoric acid groups is 1. The van der Waals surface area contributed by atoms with Crippen LogP contribution in [0, 0.1) is 0 Å². The zero-order chi connectivity index (χ0) is 57.0. The number of carbonyl (C=O) groups excluding carboxylic acids is 2. The molecule has 0 amide bonds. The average Bonchev–Trinajstić information content (AvgIpc) is 3.40. The fourth-order valence-electron chi connectivity index (χ4n) is 7.92. The predicted molar refractivity (Wildman–Crippen MR) is 334 cm³/mol. The van der Waals surface area contributed by atoms with E-state index in [9.17, 15) is 19.0 Å². The molecule has 2 unspecified atom stereocenters. The average molecular weight is 1110 g/mol. The minimum absolute atomic E-state index is 0.0172. The monoisotopic (exact) mass is 1100 g/mol. The van der Waals surface area contributed by atoms with E-state index in [0.29, 0.717) is 17.4 Å². The first-order chi connectivity index (χ1) is 38.0. The van der Waals surface area contributed by atoms with Crippen LogP contribution < -0.4 is 0 Å². The molecule has 10 heteroatoms. The van der Waals surface area contributed by atoms with Crippen molar-refractivity contribution in [2.75, 3.05) is 47.5 Å². The van der Waals surface area contributed by atoms with E-state index in [4.69, 9.17) is 18.5 Å². The second kappa shape index (κ2) is 57.8. The molecule has 0 aromatic rings. The van der Waals surface area contributed by atoms with Gasteiger partial charge in [0.25, 0.3) is 0 Å². The number of rotatable bonds is 55. The number of likely N-dealkylation sites (N-methyl/N-ethyl adjacent to an activating group) is 1. The van der Waals surface area contributed by atoms with Crippen LogP contribution in [0.3, 0.4) is 0 Å². The highest BCUT2D eigenvalue weighted by Gasteiger charge is 2.27. The van der Waals surface area contributed by atoms with Gasteiger partial charge in [-0.1, -0.05) is 237 Å². The van der Waals surface area contributed by atoms with Gasteiger partial charge in [0.2, 0.25) is 0 Å². The number of esters is 2. The molecule has 0 heterocycles. The second-order valence-corrected chi connectivity index (χ2v) is 22.8. The lowest BCUT2D eigenvalue weighted by Crippen LogP contribution is -2.37. The molecular formula is C68H115NO8P+. The minimum Gasteiger partial charge on any atom is -0.462 e. The fraction of sp³-hybridized carbons (Fsp3) is 0.647. The van der Waals surface area contributed by atoms with Crippen LogP contribution in [0.2, 0.25) is 0 Å². The molecule has 78 heavy (non-hydrogen) atoms. The first-order valence-corrected chi connectivity index (χ1v) is 32.4. The summed E-state index contributed by atoms with van der Waals surface area (Å²) in [4.78, 5) is 35.7. The summed E-state index contributed by atoms with van der Waals surface area (Å²) in [7, 11) is 1.43. The summed E-state index contributed by atoms with van der Waals surface area (Å²) in [6.45, 7) is 4.26. The Balaban J connectivity index is 4.27. The lowest BCUT2D eigenvalue weighted by molar-refractivity contribution is -0.870. The van der Waals surface area contributed by atoms with E-state index in [2.05, 4.69) is 148 Å². The number of carbonyl (C=O) groups is 2. The molecule has 0 saturated carbocycles. The molecule has 0 fully saturated rings. The third kappa shape index (κ3) is 61.4. The normalized spacial score (nSPS) is 14.2.